The van der Waals surface area contributed by atoms with Gasteiger partial charge >= 0.3 is 0 Å². The summed E-state index contributed by atoms with van der Waals surface area (Å²) in [5, 5.41) is 12.6. The van der Waals surface area contributed by atoms with Crippen LogP contribution in [0.15, 0.2) is 42.5 Å². The van der Waals surface area contributed by atoms with Crippen LogP contribution in [0, 0.1) is 0 Å². The topological polar surface area (TPSA) is 50.7 Å². The van der Waals surface area contributed by atoms with Crippen molar-refractivity contribution in [3.8, 4) is 11.5 Å². The Morgan fingerprint density at radius 3 is 2.61 bits per heavy atom. The molecule has 2 N–H and O–H groups in total. The smallest absolute Gasteiger partial charge is 0.180 e. The average Bonchev–Trinajstić information content (AvgIpc) is 2.58. The summed E-state index contributed by atoms with van der Waals surface area (Å²) in [6.07, 6.45) is 0.725. The third kappa shape index (κ3) is 5.43. The second-order valence-electron chi connectivity index (χ2n) is 5.14. The predicted molar refractivity (Wildman–Crippen MR) is 92.2 cm³/mol. The molecular formula is C18H22ClNO3. The third-order valence-electron chi connectivity index (χ3n) is 3.36. The molecule has 23 heavy (non-hydrogen) atoms. The molecule has 0 aliphatic carbocycles. The van der Waals surface area contributed by atoms with Crippen LogP contribution in [-0.2, 0) is 13.2 Å². The van der Waals surface area contributed by atoms with Crippen LogP contribution < -0.4 is 14.8 Å². The minimum atomic E-state index is 0.184. The molecule has 0 aromatic heterocycles. The van der Waals surface area contributed by atoms with Crippen molar-refractivity contribution in [1.29, 1.82) is 0 Å². The molecule has 0 heterocycles. The summed E-state index contributed by atoms with van der Waals surface area (Å²) in [6, 6.07) is 13.7. The highest BCUT2D eigenvalue weighted by Crippen LogP contribution is 2.36. The summed E-state index contributed by atoms with van der Waals surface area (Å²) >= 11 is 6.35. The second kappa shape index (κ2) is 9.40. The number of aliphatic hydroxyl groups excluding tert-OH is 1. The van der Waals surface area contributed by atoms with Crippen molar-refractivity contribution < 1.29 is 14.6 Å². The second-order valence-corrected chi connectivity index (χ2v) is 5.54. The molecule has 0 saturated carbocycles. The lowest BCUT2D eigenvalue weighted by Crippen LogP contribution is -2.15. The molecule has 0 aliphatic rings. The molecule has 2 aromatic carbocycles. The highest BCUT2D eigenvalue weighted by Gasteiger charge is 2.12. The van der Waals surface area contributed by atoms with E-state index >= 15 is 0 Å². The van der Waals surface area contributed by atoms with Gasteiger partial charge in [-0.15, -0.1) is 0 Å². The molecule has 0 atom stereocenters. The number of hydrogen-bond donors (Lipinski definition) is 2. The summed E-state index contributed by atoms with van der Waals surface area (Å²) in [5.41, 5.74) is 2.08. The van der Waals surface area contributed by atoms with E-state index < -0.39 is 0 Å². The monoisotopic (exact) mass is 335 g/mol. The maximum absolute atomic E-state index is 8.78. The van der Waals surface area contributed by atoms with E-state index in [0.717, 1.165) is 24.1 Å². The van der Waals surface area contributed by atoms with Crippen molar-refractivity contribution in [1.82, 2.24) is 5.32 Å². The first-order chi connectivity index (χ1) is 11.2. The number of methoxy groups -OCH3 is 1. The van der Waals surface area contributed by atoms with E-state index in [0.29, 0.717) is 29.7 Å². The summed E-state index contributed by atoms with van der Waals surface area (Å²) in [6.45, 7) is 2.03. The van der Waals surface area contributed by atoms with Gasteiger partial charge in [0.2, 0.25) is 0 Å². The molecule has 0 bridgehead atoms. The van der Waals surface area contributed by atoms with Crippen molar-refractivity contribution in [3.05, 3.63) is 58.6 Å². The van der Waals surface area contributed by atoms with Crippen molar-refractivity contribution in [2.45, 2.75) is 19.6 Å². The lowest BCUT2D eigenvalue weighted by molar-refractivity contribution is 0.284. The molecule has 0 unspecified atom stereocenters. The van der Waals surface area contributed by atoms with Crippen LogP contribution in [0.1, 0.15) is 17.5 Å². The van der Waals surface area contributed by atoms with Crippen molar-refractivity contribution in [2.24, 2.45) is 0 Å². The van der Waals surface area contributed by atoms with E-state index in [4.69, 9.17) is 26.2 Å². The number of benzene rings is 2. The lowest BCUT2D eigenvalue weighted by Gasteiger charge is -2.14. The molecule has 4 nitrogen and oxygen atoms in total. The highest BCUT2D eigenvalue weighted by molar-refractivity contribution is 6.32. The molecule has 2 rings (SSSR count). The number of rotatable bonds is 9. The number of nitrogens with one attached hydrogen (secondary N) is 1. The summed E-state index contributed by atoms with van der Waals surface area (Å²) in [4.78, 5) is 0. The highest BCUT2D eigenvalue weighted by atomic mass is 35.5. The van der Waals surface area contributed by atoms with E-state index in [1.807, 2.05) is 42.5 Å². The molecule has 0 saturated heterocycles. The van der Waals surface area contributed by atoms with Crippen molar-refractivity contribution >= 4 is 11.6 Å². The molecule has 0 fully saturated rings. The Balaban J connectivity index is 2.04. The van der Waals surface area contributed by atoms with Crippen LogP contribution in [0.25, 0.3) is 0 Å². The van der Waals surface area contributed by atoms with E-state index in [-0.39, 0.29) is 6.61 Å². The van der Waals surface area contributed by atoms with Gasteiger partial charge in [-0.1, -0.05) is 41.9 Å². The fourth-order valence-corrected chi connectivity index (χ4v) is 2.47. The van der Waals surface area contributed by atoms with E-state index in [1.165, 1.54) is 0 Å². The fourth-order valence-electron chi connectivity index (χ4n) is 2.18. The normalized spacial score (nSPS) is 10.6. The van der Waals surface area contributed by atoms with Gasteiger partial charge in [-0.05, 0) is 36.2 Å². The molecule has 2 aromatic rings. The van der Waals surface area contributed by atoms with Crippen LogP contribution >= 0.6 is 11.6 Å². The average molecular weight is 336 g/mol. The number of hydrogen-bond acceptors (Lipinski definition) is 4. The zero-order valence-electron chi connectivity index (χ0n) is 13.2. The number of aliphatic hydroxyl groups is 1. The number of halogens is 1. The van der Waals surface area contributed by atoms with E-state index in [2.05, 4.69) is 5.32 Å². The Bertz CT molecular complexity index is 605. The van der Waals surface area contributed by atoms with E-state index in [9.17, 15) is 0 Å². The van der Waals surface area contributed by atoms with Gasteiger partial charge in [0.05, 0.1) is 12.1 Å². The van der Waals surface area contributed by atoms with Crippen molar-refractivity contribution in [2.75, 3.05) is 20.3 Å². The molecule has 5 heteroatoms. The van der Waals surface area contributed by atoms with Gasteiger partial charge in [0.1, 0.15) is 6.61 Å². The zero-order chi connectivity index (χ0) is 16.5. The molecule has 0 aliphatic heterocycles. The summed E-state index contributed by atoms with van der Waals surface area (Å²) in [7, 11) is 1.60. The first-order valence-corrected chi connectivity index (χ1v) is 7.97. The largest absolute Gasteiger partial charge is 0.493 e. The van der Waals surface area contributed by atoms with Gasteiger partial charge in [-0.25, -0.2) is 0 Å². The Hall–Kier alpha value is -1.75. The van der Waals surface area contributed by atoms with Crippen molar-refractivity contribution in [3.63, 3.8) is 0 Å². The Kier molecular flexibility index (Phi) is 7.20. The maximum atomic E-state index is 8.78. The molecule has 124 valence electrons. The standard InChI is InChI=1S/C18H22ClNO3/c1-22-17-11-15(12-20-8-5-9-21)10-16(19)18(17)23-13-14-6-3-2-4-7-14/h2-4,6-7,10-11,20-21H,5,8-9,12-13H2,1H3. The lowest BCUT2D eigenvalue weighted by atomic mass is 10.2. The fraction of sp³-hybridized carbons (Fsp3) is 0.333. The molecule has 0 amide bonds. The summed E-state index contributed by atoms with van der Waals surface area (Å²) in [5.74, 6) is 1.17. The van der Waals surface area contributed by atoms with Gasteiger partial charge in [0.15, 0.2) is 11.5 Å². The first-order valence-electron chi connectivity index (χ1n) is 7.59. The molecular weight excluding hydrogens is 314 g/mol. The Labute approximate surface area is 142 Å². The zero-order valence-corrected chi connectivity index (χ0v) is 14.0. The SMILES string of the molecule is COc1cc(CNCCCO)cc(Cl)c1OCc1ccccc1. The first kappa shape index (κ1) is 17.6. The maximum Gasteiger partial charge on any atom is 0.180 e. The molecule has 0 spiro atoms. The minimum Gasteiger partial charge on any atom is -0.493 e. The predicted octanol–water partition coefficient (Wildman–Crippen LogP) is 3.40. The number of ether oxygens (including phenoxy) is 2. The van der Waals surface area contributed by atoms with Gasteiger partial charge in [0.25, 0.3) is 0 Å². The van der Waals surface area contributed by atoms with Crippen LogP contribution in [0.5, 0.6) is 11.5 Å². The van der Waals surface area contributed by atoms with Crippen LogP contribution in [0.3, 0.4) is 0 Å². The molecule has 0 radical (unpaired) electrons. The van der Waals surface area contributed by atoms with Gasteiger partial charge in [-0.3, -0.25) is 0 Å². The van der Waals surface area contributed by atoms with Gasteiger partial charge < -0.3 is 19.9 Å². The van der Waals surface area contributed by atoms with Crippen LogP contribution in [-0.4, -0.2) is 25.4 Å². The van der Waals surface area contributed by atoms with Crippen LogP contribution in [0.2, 0.25) is 5.02 Å². The van der Waals surface area contributed by atoms with Gasteiger partial charge in [-0.2, -0.15) is 0 Å². The quantitative estimate of drug-likeness (QED) is 0.690. The van der Waals surface area contributed by atoms with Crippen LogP contribution in [0.4, 0.5) is 0 Å². The van der Waals surface area contributed by atoms with Gasteiger partial charge in [0, 0.05) is 13.2 Å². The minimum absolute atomic E-state index is 0.184. The third-order valence-corrected chi connectivity index (χ3v) is 3.64. The summed E-state index contributed by atoms with van der Waals surface area (Å²) < 4.78 is 11.2. The Morgan fingerprint density at radius 2 is 1.91 bits per heavy atom. The Morgan fingerprint density at radius 1 is 1.13 bits per heavy atom. The van der Waals surface area contributed by atoms with E-state index in [1.54, 1.807) is 7.11 Å².